The van der Waals surface area contributed by atoms with Crippen LogP contribution in [0.1, 0.15) is 16.7 Å². The predicted molar refractivity (Wildman–Crippen MR) is 240 cm³/mol. The van der Waals surface area contributed by atoms with Crippen LogP contribution in [-0.2, 0) is 18.5 Å². The molecule has 0 aliphatic carbocycles. The molecule has 67 heavy (non-hydrogen) atoms. The molecule has 0 aliphatic rings. The van der Waals surface area contributed by atoms with E-state index in [1.54, 1.807) is 121 Å². The van der Waals surface area contributed by atoms with E-state index >= 15 is 13.2 Å². The van der Waals surface area contributed by atoms with Crippen molar-refractivity contribution >= 4 is 21.8 Å². The molecule has 0 aliphatic heterocycles. The van der Waals surface area contributed by atoms with Gasteiger partial charge in [0.25, 0.3) is 0 Å². The minimum atomic E-state index is -5.05. The Morgan fingerprint density at radius 3 is 0.985 bits per heavy atom. The number of rotatable bonds is 7. The fourth-order valence-corrected chi connectivity index (χ4v) is 8.16. The number of fused-ring (bicyclic) bond motifs is 3. The zero-order valence-electron chi connectivity index (χ0n) is 34.5. The summed E-state index contributed by atoms with van der Waals surface area (Å²) in [5.41, 5.74) is -2.43. The molecule has 0 saturated carbocycles. The first-order chi connectivity index (χ1) is 32.1. The van der Waals surface area contributed by atoms with Gasteiger partial charge in [-0.05, 0) is 48.5 Å². The summed E-state index contributed by atoms with van der Waals surface area (Å²) in [5.74, 6) is 0.171. The lowest BCUT2D eigenvalue weighted by atomic mass is 9.95. The summed E-state index contributed by atoms with van der Waals surface area (Å²) < 4.78 is 136. The quantitative estimate of drug-likeness (QED) is 0.150. The summed E-state index contributed by atoms with van der Waals surface area (Å²) in [6.45, 7) is 0. The molecular weight excluding hydrogens is 878 g/mol. The first-order valence-corrected chi connectivity index (χ1v) is 20.6. The molecule has 0 N–H and O–H groups in total. The van der Waals surface area contributed by atoms with Gasteiger partial charge in [-0.15, -0.1) is 0 Å². The molecule has 0 fully saturated rings. The Morgan fingerprint density at radius 2 is 0.642 bits per heavy atom. The molecule has 3 aromatic heterocycles. The average Bonchev–Trinajstić information content (AvgIpc) is 3.66. The van der Waals surface area contributed by atoms with E-state index in [0.29, 0.717) is 22.3 Å². The van der Waals surface area contributed by atoms with E-state index in [2.05, 4.69) is 0 Å². The van der Waals surface area contributed by atoms with E-state index in [9.17, 15) is 26.3 Å². The minimum Gasteiger partial charge on any atom is -0.308 e. The summed E-state index contributed by atoms with van der Waals surface area (Å²) in [7, 11) is 0. The summed E-state index contributed by atoms with van der Waals surface area (Å²) in [4.78, 5) is 19.3. The lowest BCUT2D eigenvalue weighted by molar-refractivity contribution is -0.138. The van der Waals surface area contributed by atoms with Crippen molar-refractivity contribution in [1.82, 2.24) is 24.5 Å². The van der Waals surface area contributed by atoms with Gasteiger partial charge in [-0.2, -0.15) is 39.5 Å². The Balaban J connectivity index is 1.43. The average molecular weight is 908 g/mol. The van der Waals surface area contributed by atoms with Gasteiger partial charge < -0.3 is 4.57 Å². The molecule has 10 aromatic rings. The van der Waals surface area contributed by atoms with Crippen molar-refractivity contribution in [3.63, 3.8) is 0 Å². The van der Waals surface area contributed by atoms with Crippen LogP contribution >= 0.6 is 0 Å². The molecule has 0 atom stereocenters. The Morgan fingerprint density at radius 1 is 0.313 bits per heavy atom. The largest absolute Gasteiger partial charge is 0.416 e. The topological polar surface area (TPSA) is 56.5 Å². The van der Waals surface area contributed by atoms with E-state index < -0.39 is 35.2 Å². The molecule has 3 heterocycles. The Bertz CT molecular complexity index is 3130. The smallest absolute Gasteiger partial charge is 0.308 e. The van der Waals surface area contributed by atoms with E-state index in [1.807, 2.05) is 0 Å². The number of hydrogen-bond donors (Lipinski definition) is 0. The number of hydrogen-bond acceptors (Lipinski definition) is 4. The second-order valence-electron chi connectivity index (χ2n) is 15.6. The SMILES string of the molecule is FC(F)(F)c1cc(-c2cc(-c3ccccc3)nc(-c3ccccc3)n2)c(-n2c3cc(C(F)(F)F)ccc3c3ccc(C(F)(F)F)cc32)c(-c2cc(-c3ccccc3)nc(-c3ccccc3)n2)c1. The summed E-state index contributed by atoms with van der Waals surface area (Å²) in [6.07, 6.45) is -14.9. The standard InChI is InChI=1S/C53H30F9N5/c54-51(55,56)35-21-23-38-39-24-22-36(52(57,58)59)28-47(39)67(46(38)27-35)48-40(44-29-42(31-13-5-1-6-14-31)63-49(65-44)33-17-9-3-10-18-33)25-37(53(60,61)62)26-41(48)45-30-43(32-15-7-2-8-16-32)64-50(66-45)34-19-11-4-12-20-34/h1-30H. The van der Waals surface area contributed by atoms with Crippen LogP contribution in [0, 0.1) is 0 Å². The predicted octanol–water partition coefficient (Wildman–Crippen LogP) is 15.4. The van der Waals surface area contributed by atoms with Gasteiger partial charge >= 0.3 is 18.5 Å². The van der Waals surface area contributed by atoms with Gasteiger partial charge in [0.05, 0.1) is 56.2 Å². The van der Waals surface area contributed by atoms with Crippen molar-refractivity contribution in [3.05, 3.63) is 199 Å². The maximum absolute atomic E-state index is 15.6. The van der Waals surface area contributed by atoms with Crippen LogP contribution in [0.2, 0.25) is 0 Å². The van der Waals surface area contributed by atoms with Crippen molar-refractivity contribution in [2.45, 2.75) is 18.5 Å². The van der Waals surface area contributed by atoms with Crippen molar-refractivity contribution < 1.29 is 39.5 Å². The number of nitrogens with zero attached hydrogens (tertiary/aromatic N) is 5. The molecule has 0 amide bonds. The monoisotopic (exact) mass is 907 g/mol. The molecule has 5 nitrogen and oxygen atoms in total. The third-order valence-corrected chi connectivity index (χ3v) is 11.3. The second-order valence-corrected chi connectivity index (χ2v) is 15.6. The second kappa shape index (κ2) is 16.4. The van der Waals surface area contributed by atoms with Crippen molar-refractivity contribution in [2.75, 3.05) is 0 Å². The third-order valence-electron chi connectivity index (χ3n) is 11.3. The van der Waals surface area contributed by atoms with Crippen LogP contribution in [0.3, 0.4) is 0 Å². The van der Waals surface area contributed by atoms with Crippen LogP contribution in [0.4, 0.5) is 39.5 Å². The van der Waals surface area contributed by atoms with Crippen LogP contribution < -0.4 is 0 Å². The fraction of sp³-hybridized carbons (Fsp3) is 0.0566. The van der Waals surface area contributed by atoms with Crippen molar-refractivity contribution in [3.8, 4) is 73.5 Å². The molecule has 10 rings (SSSR count). The first-order valence-electron chi connectivity index (χ1n) is 20.6. The molecule has 7 aromatic carbocycles. The molecule has 14 heteroatoms. The van der Waals surface area contributed by atoms with Gasteiger partial charge in [0.2, 0.25) is 0 Å². The van der Waals surface area contributed by atoms with Gasteiger partial charge in [-0.3, -0.25) is 0 Å². The minimum absolute atomic E-state index is 0.0857. The summed E-state index contributed by atoms with van der Waals surface area (Å²) >= 11 is 0. The lowest BCUT2D eigenvalue weighted by Crippen LogP contribution is -2.11. The van der Waals surface area contributed by atoms with Gasteiger partial charge in [-0.25, -0.2) is 19.9 Å². The molecule has 0 saturated heterocycles. The zero-order valence-corrected chi connectivity index (χ0v) is 34.5. The van der Waals surface area contributed by atoms with Crippen LogP contribution in [-0.4, -0.2) is 24.5 Å². The van der Waals surface area contributed by atoms with Crippen LogP contribution in [0.15, 0.2) is 182 Å². The summed E-state index contributed by atoms with van der Waals surface area (Å²) in [5, 5.41) is 0.201. The van der Waals surface area contributed by atoms with Crippen LogP contribution in [0.5, 0.6) is 0 Å². The van der Waals surface area contributed by atoms with Crippen molar-refractivity contribution in [2.24, 2.45) is 0 Å². The Labute approximate surface area is 375 Å². The van der Waals surface area contributed by atoms with Gasteiger partial charge in [0, 0.05) is 44.2 Å². The highest BCUT2D eigenvalue weighted by atomic mass is 19.4. The van der Waals surface area contributed by atoms with Crippen LogP contribution in [0.25, 0.3) is 95.3 Å². The fourth-order valence-electron chi connectivity index (χ4n) is 8.16. The molecular formula is C53H30F9N5. The summed E-state index contributed by atoms with van der Waals surface area (Å²) in [6, 6.07) is 44.6. The maximum Gasteiger partial charge on any atom is 0.416 e. The number of alkyl halides is 9. The third kappa shape index (κ3) is 8.26. The highest BCUT2D eigenvalue weighted by molar-refractivity contribution is 6.11. The molecule has 0 bridgehead atoms. The Hall–Kier alpha value is -8.13. The van der Waals surface area contributed by atoms with E-state index in [4.69, 9.17) is 19.9 Å². The number of halogens is 9. The Kier molecular flexibility index (Phi) is 10.5. The normalized spacial score (nSPS) is 12.3. The highest BCUT2D eigenvalue weighted by Crippen LogP contribution is 2.47. The molecule has 0 spiro atoms. The number of benzene rings is 7. The van der Waals surface area contributed by atoms with Gasteiger partial charge in [0.15, 0.2) is 11.6 Å². The van der Waals surface area contributed by atoms with E-state index in [1.165, 1.54) is 12.1 Å². The zero-order chi connectivity index (χ0) is 46.7. The lowest BCUT2D eigenvalue weighted by Gasteiger charge is -2.22. The van der Waals surface area contributed by atoms with E-state index in [0.717, 1.165) is 53.1 Å². The van der Waals surface area contributed by atoms with Gasteiger partial charge in [-0.1, -0.05) is 133 Å². The number of aromatic nitrogens is 5. The van der Waals surface area contributed by atoms with Crippen molar-refractivity contribution in [1.29, 1.82) is 0 Å². The molecule has 0 radical (unpaired) electrons. The molecule has 0 unspecified atom stereocenters. The first kappa shape index (κ1) is 42.8. The highest BCUT2D eigenvalue weighted by Gasteiger charge is 2.37. The maximum atomic E-state index is 15.6. The molecule has 330 valence electrons. The van der Waals surface area contributed by atoms with Gasteiger partial charge in [0.1, 0.15) is 0 Å². The van der Waals surface area contributed by atoms with E-state index in [-0.39, 0.29) is 73.0 Å².